The lowest BCUT2D eigenvalue weighted by Crippen LogP contribution is -2.00. The van der Waals surface area contributed by atoms with E-state index in [1.54, 1.807) is 30.1 Å². The van der Waals surface area contributed by atoms with Crippen LogP contribution in [-0.2, 0) is 6.54 Å². The molecule has 3 aromatic rings. The van der Waals surface area contributed by atoms with Crippen LogP contribution in [-0.4, -0.2) is 24.9 Å². The minimum absolute atomic E-state index is 0.336. The molecule has 2 heterocycles. The molecule has 0 aliphatic carbocycles. The molecule has 2 aromatic heterocycles. The van der Waals surface area contributed by atoms with Gasteiger partial charge in [0.15, 0.2) is 0 Å². The first-order valence-electron chi connectivity index (χ1n) is 5.65. The van der Waals surface area contributed by atoms with Crippen LogP contribution in [0.2, 0.25) is 0 Å². The van der Waals surface area contributed by atoms with Gasteiger partial charge in [0, 0.05) is 5.56 Å². The van der Waals surface area contributed by atoms with Crippen molar-refractivity contribution in [2.45, 2.75) is 13.5 Å². The van der Waals surface area contributed by atoms with E-state index in [1.807, 2.05) is 0 Å². The van der Waals surface area contributed by atoms with Gasteiger partial charge in [-0.3, -0.25) is 0 Å². The van der Waals surface area contributed by atoms with Gasteiger partial charge in [0.25, 0.3) is 0 Å². The highest BCUT2D eigenvalue weighted by Crippen LogP contribution is 2.16. The summed E-state index contributed by atoms with van der Waals surface area (Å²) in [5.74, 6) is 1.08. The second kappa shape index (κ2) is 4.60. The Hall–Kier alpha value is -2.57. The minimum atomic E-state index is -0.337. The summed E-state index contributed by atoms with van der Waals surface area (Å²) in [7, 11) is 0. The highest BCUT2D eigenvalue weighted by atomic mass is 19.1. The van der Waals surface area contributed by atoms with Crippen molar-refractivity contribution in [2.24, 2.45) is 0 Å². The molecule has 0 bridgehead atoms. The number of rotatable bonds is 3. The molecule has 1 aromatic carbocycles. The first-order valence-corrected chi connectivity index (χ1v) is 5.65. The van der Waals surface area contributed by atoms with E-state index in [0.29, 0.717) is 29.6 Å². The van der Waals surface area contributed by atoms with Crippen LogP contribution in [0.1, 0.15) is 11.7 Å². The summed E-state index contributed by atoms with van der Waals surface area (Å²) in [6, 6.07) is 6.04. The number of aromatic nitrogens is 5. The fourth-order valence-corrected chi connectivity index (χ4v) is 1.67. The van der Waals surface area contributed by atoms with Crippen molar-refractivity contribution >= 4 is 0 Å². The largest absolute Gasteiger partial charge is 0.337 e. The molecule has 19 heavy (non-hydrogen) atoms. The molecule has 0 radical (unpaired) electrons. The van der Waals surface area contributed by atoms with Crippen molar-refractivity contribution in [1.29, 1.82) is 0 Å². The van der Waals surface area contributed by atoms with Crippen molar-refractivity contribution < 1.29 is 8.91 Å². The van der Waals surface area contributed by atoms with E-state index in [1.165, 1.54) is 12.1 Å². The van der Waals surface area contributed by atoms with Gasteiger partial charge in [-0.1, -0.05) is 17.3 Å². The maximum atomic E-state index is 13.1. The van der Waals surface area contributed by atoms with Crippen molar-refractivity contribution in [3.63, 3.8) is 0 Å². The van der Waals surface area contributed by atoms with E-state index in [0.717, 1.165) is 0 Å². The molecule has 6 nitrogen and oxygen atoms in total. The maximum Gasteiger partial charge on any atom is 0.248 e. The van der Waals surface area contributed by atoms with Crippen LogP contribution < -0.4 is 0 Å². The molecule has 0 aliphatic rings. The third kappa shape index (κ3) is 2.49. The fraction of sp³-hybridized carbons (Fsp3) is 0.167. The van der Waals surface area contributed by atoms with Crippen molar-refractivity contribution in [3.05, 3.63) is 48.1 Å². The monoisotopic (exact) mass is 259 g/mol. The number of benzene rings is 1. The SMILES string of the molecule is Cc1ncn(Cc2nc(-c3cccc(F)c3)no2)n1. The van der Waals surface area contributed by atoms with Gasteiger partial charge in [-0.05, 0) is 19.1 Å². The van der Waals surface area contributed by atoms with Crippen LogP contribution in [0, 0.1) is 12.7 Å². The Kier molecular flexibility index (Phi) is 2.79. The van der Waals surface area contributed by atoms with Gasteiger partial charge in [0.2, 0.25) is 11.7 Å². The van der Waals surface area contributed by atoms with Crippen LogP contribution in [0.3, 0.4) is 0 Å². The lowest BCUT2D eigenvalue weighted by atomic mass is 10.2. The van der Waals surface area contributed by atoms with E-state index in [4.69, 9.17) is 4.52 Å². The minimum Gasteiger partial charge on any atom is -0.337 e. The molecule has 0 atom stereocenters. The third-order valence-corrected chi connectivity index (χ3v) is 2.50. The molecule has 0 amide bonds. The Morgan fingerprint density at radius 1 is 1.37 bits per heavy atom. The summed E-state index contributed by atoms with van der Waals surface area (Å²) >= 11 is 0. The van der Waals surface area contributed by atoms with Gasteiger partial charge in [0.05, 0.1) is 0 Å². The smallest absolute Gasteiger partial charge is 0.248 e. The zero-order valence-electron chi connectivity index (χ0n) is 10.1. The second-order valence-corrected chi connectivity index (χ2v) is 4.01. The second-order valence-electron chi connectivity index (χ2n) is 4.01. The molecule has 0 saturated heterocycles. The lowest BCUT2D eigenvalue weighted by molar-refractivity contribution is 0.366. The predicted octanol–water partition coefficient (Wildman–Crippen LogP) is 1.82. The van der Waals surface area contributed by atoms with Crippen LogP contribution in [0.4, 0.5) is 4.39 Å². The average molecular weight is 259 g/mol. The van der Waals surface area contributed by atoms with E-state index >= 15 is 0 Å². The molecular weight excluding hydrogens is 249 g/mol. The molecule has 3 rings (SSSR count). The maximum absolute atomic E-state index is 13.1. The Labute approximate surface area is 107 Å². The number of hydrogen-bond acceptors (Lipinski definition) is 5. The zero-order chi connectivity index (χ0) is 13.2. The summed E-state index contributed by atoms with van der Waals surface area (Å²) in [4.78, 5) is 8.19. The zero-order valence-corrected chi connectivity index (χ0v) is 10.1. The first kappa shape index (κ1) is 11.5. The molecule has 0 unspecified atom stereocenters. The van der Waals surface area contributed by atoms with Gasteiger partial charge in [0.1, 0.15) is 24.5 Å². The van der Waals surface area contributed by atoms with Crippen molar-refractivity contribution in [3.8, 4) is 11.4 Å². The van der Waals surface area contributed by atoms with Gasteiger partial charge in [-0.2, -0.15) is 10.1 Å². The molecule has 0 spiro atoms. The summed E-state index contributed by atoms with van der Waals surface area (Å²) in [5.41, 5.74) is 0.574. The lowest BCUT2D eigenvalue weighted by Gasteiger charge is -1.94. The molecular formula is C12H10FN5O. The average Bonchev–Trinajstić information content (AvgIpc) is 2.99. The van der Waals surface area contributed by atoms with Gasteiger partial charge in [-0.15, -0.1) is 0 Å². The summed E-state index contributed by atoms with van der Waals surface area (Å²) in [5, 5.41) is 7.94. The highest BCUT2D eigenvalue weighted by molar-refractivity contribution is 5.53. The molecule has 0 aliphatic heterocycles. The Balaban J connectivity index is 1.83. The quantitative estimate of drug-likeness (QED) is 0.717. The standard InChI is InChI=1S/C12H10FN5O/c1-8-14-7-18(16-8)6-11-15-12(17-19-11)9-3-2-4-10(13)5-9/h2-5,7H,6H2,1H3. The molecule has 96 valence electrons. The predicted molar refractivity (Wildman–Crippen MR) is 63.6 cm³/mol. The first-order chi connectivity index (χ1) is 9.20. The number of nitrogens with zero attached hydrogens (tertiary/aromatic N) is 5. The van der Waals surface area contributed by atoms with Crippen LogP contribution in [0.25, 0.3) is 11.4 Å². The molecule has 0 N–H and O–H groups in total. The molecule has 0 fully saturated rings. The van der Waals surface area contributed by atoms with Crippen molar-refractivity contribution in [2.75, 3.05) is 0 Å². The topological polar surface area (TPSA) is 69.6 Å². The summed E-state index contributed by atoms with van der Waals surface area (Å²) < 4.78 is 19.8. The Bertz CT molecular complexity index is 705. The summed E-state index contributed by atoms with van der Waals surface area (Å²) in [6.45, 7) is 2.13. The van der Waals surface area contributed by atoms with E-state index < -0.39 is 0 Å². The Morgan fingerprint density at radius 3 is 3.00 bits per heavy atom. The van der Waals surface area contributed by atoms with Crippen LogP contribution >= 0.6 is 0 Å². The van der Waals surface area contributed by atoms with Gasteiger partial charge in [-0.25, -0.2) is 14.1 Å². The third-order valence-electron chi connectivity index (χ3n) is 2.50. The number of halogens is 1. The number of aryl methyl sites for hydroxylation is 1. The van der Waals surface area contributed by atoms with Gasteiger partial charge >= 0.3 is 0 Å². The van der Waals surface area contributed by atoms with Crippen molar-refractivity contribution in [1.82, 2.24) is 24.9 Å². The fourth-order valence-electron chi connectivity index (χ4n) is 1.67. The van der Waals surface area contributed by atoms with Gasteiger partial charge < -0.3 is 4.52 Å². The van der Waals surface area contributed by atoms with E-state index in [-0.39, 0.29) is 5.82 Å². The molecule has 7 heteroatoms. The number of hydrogen-bond donors (Lipinski definition) is 0. The highest BCUT2D eigenvalue weighted by Gasteiger charge is 2.10. The van der Waals surface area contributed by atoms with Crippen LogP contribution in [0.15, 0.2) is 35.1 Å². The van der Waals surface area contributed by atoms with E-state index in [2.05, 4.69) is 20.2 Å². The van der Waals surface area contributed by atoms with E-state index in [9.17, 15) is 4.39 Å². The normalized spacial score (nSPS) is 10.8. The summed E-state index contributed by atoms with van der Waals surface area (Å²) in [6.07, 6.45) is 1.58. The molecule has 0 saturated carbocycles. The van der Waals surface area contributed by atoms with Crippen LogP contribution in [0.5, 0.6) is 0 Å². The Morgan fingerprint density at radius 2 is 2.26 bits per heavy atom.